The number of aliphatic hydroxyl groups is 1. The number of aliphatic hydroxyl groups excluding tert-OH is 1. The molecule has 5 heteroatoms. The number of rotatable bonds is 2. The summed E-state index contributed by atoms with van der Waals surface area (Å²) in [6, 6.07) is 2.05. The van der Waals surface area contributed by atoms with Crippen LogP contribution in [0.15, 0.2) is 46.8 Å². The Morgan fingerprint density at radius 1 is 1.21 bits per heavy atom. The van der Waals surface area contributed by atoms with Gasteiger partial charge in [-0.15, -0.1) is 0 Å². The molecule has 0 bridgehead atoms. The molecule has 8 atom stereocenters. The van der Waals surface area contributed by atoms with Gasteiger partial charge >= 0.3 is 5.97 Å². The van der Waals surface area contributed by atoms with E-state index < -0.39 is 34.4 Å². The molecule has 0 radical (unpaired) electrons. The lowest BCUT2D eigenvalue weighted by Gasteiger charge is -2.67. The zero-order valence-electron chi connectivity index (χ0n) is 20.6. The van der Waals surface area contributed by atoms with Gasteiger partial charge in [0.1, 0.15) is 6.10 Å². The highest BCUT2D eigenvalue weighted by atomic mass is 16.6. The van der Waals surface area contributed by atoms with Crippen molar-refractivity contribution in [2.45, 2.75) is 78.9 Å². The van der Waals surface area contributed by atoms with E-state index in [1.54, 1.807) is 12.3 Å². The SMILES string of the molecule is CC(=O)O[C@H]1[C@@H](O)[C@@H]2C(C)(C)C(=O)C=C[C@@]2(C)[C@@H]2CC[C@@]3(C)C(=CC[C@@H]3c3ccoc3)[C@@]12C. The highest BCUT2D eigenvalue weighted by Crippen LogP contribution is 2.72. The molecule has 178 valence electrons. The summed E-state index contributed by atoms with van der Waals surface area (Å²) in [5.41, 5.74) is 0.693. The van der Waals surface area contributed by atoms with Gasteiger partial charge in [-0.25, -0.2) is 0 Å². The van der Waals surface area contributed by atoms with Gasteiger partial charge in [0.25, 0.3) is 0 Å². The lowest BCUT2D eigenvalue weighted by molar-refractivity contribution is -0.228. The van der Waals surface area contributed by atoms with Crippen molar-refractivity contribution in [2.75, 3.05) is 0 Å². The van der Waals surface area contributed by atoms with E-state index >= 15 is 0 Å². The van der Waals surface area contributed by atoms with Crippen LogP contribution < -0.4 is 0 Å². The summed E-state index contributed by atoms with van der Waals surface area (Å²) in [7, 11) is 0. The van der Waals surface area contributed by atoms with Gasteiger partial charge < -0.3 is 14.3 Å². The van der Waals surface area contributed by atoms with Crippen LogP contribution in [0.5, 0.6) is 0 Å². The van der Waals surface area contributed by atoms with E-state index in [1.165, 1.54) is 18.1 Å². The summed E-state index contributed by atoms with van der Waals surface area (Å²) in [5, 5.41) is 11.9. The first kappa shape index (κ1) is 22.6. The second kappa shape index (κ2) is 6.94. The number of allylic oxidation sites excluding steroid dienone is 3. The third kappa shape index (κ3) is 2.75. The second-order valence-electron chi connectivity index (χ2n) is 12.0. The van der Waals surface area contributed by atoms with Gasteiger partial charge in [0.05, 0.1) is 18.6 Å². The maximum absolute atomic E-state index is 12.9. The molecule has 1 aromatic heterocycles. The van der Waals surface area contributed by atoms with Crippen molar-refractivity contribution in [2.24, 2.45) is 33.5 Å². The Balaban J connectivity index is 1.68. The fourth-order valence-electron chi connectivity index (χ4n) is 8.81. The minimum atomic E-state index is -0.944. The van der Waals surface area contributed by atoms with Crippen LogP contribution in [0.25, 0.3) is 0 Å². The summed E-state index contributed by atoms with van der Waals surface area (Å²) in [5.74, 6) is -0.273. The molecule has 4 aliphatic rings. The Bertz CT molecular complexity index is 1050. The third-order valence-corrected chi connectivity index (χ3v) is 10.1. The molecular weight excluding hydrogens is 416 g/mol. The summed E-state index contributed by atoms with van der Waals surface area (Å²) < 4.78 is 11.4. The van der Waals surface area contributed by atoms with E-state index in [2.05, 4.69) is 32.9 Å². The zero-order valence-corrected chi connectivity index (χ0v) is 20.6. The Labute approximate surface area is 196 Å². The fourth-order valence-corrected chi connectivity index (χ4v) is 8.81. The number of fused-ring (bicyclic) bond motifs is 5. The highest BCUT2D eigenvalue weighted by molar-refractivity contribution is 5.96. The lowest BCUT2D eigenvalue weighted by Crippen LogP contribution is -2.70. The molecule has 4 aliphatic carbocycles. The van der Waals surface area contributed by atoms with Gasteiger partial charge in [-0.2, -0.15) is 0 Å². The quantitative estimate of drug-likeness (QED) is 0.492. The molecule has 0 amide bonds. The second-order valence-corrected chi connectivity index (χ2v) is 12.0. The average molecular weight is 453 g/mol. The predicted molar refractivity (Wildman–Crippen MR) is 124 cm³/mol. The van der Waals surface area contributed by atoms with Crippen LogP contribution in [0.4, 0.5) is 0 Å². The van der Waals surface area contributed by atoms with E-state index in [4.69, 9.17) is 9.15 Å². The summed E-state index contributed by atoms with van der Waals surface area (Å²) in [4.78, 5) is 25.2. The summed E-state index contributed by atoms with van der Waals surface area (Å²) in [6.07, 6.45) is 10.9. The molecule has 1 heterocycles. The zero-order chi connectivity index (χ0) is 24.0. The lowest BCUT2D eigenvalue weighted by atomic mass is 9.38. The monoisotopic (exact) mass is 452 g/mol. The Morgan fingerprint density at radius 3 is 2.58 bits per heavy atom. The topological polar surface area (TPSA) is 76.7 Å². The maximum Gasteiger partial charge on any atom is 0.303 e. The van der Waals surface area contributed by atoms with Crippen molar-refractivity contribution in [3.8, 4) is 0 Å². The molecule has 5 nitrogen and oxygen atoms in total. The van der Waals surface area contributed by atoms with Crippen molar-refractivity contribution >= 4 is 11.8 Å². The van der Waals surface area contributed by atoms with E-state index in [1.807, 2.05) is 26.2 Å². The van der Waals surface area contributed by atoms with Crippen LogP contribution in [0.1, 0.15) is 72.3 Å². The molecule has 0 saturated heterocycles. The first-order valence-electron chi connectivity index (χ1n) is 12.2. The van der Waals surface area contributed by atoms with Crippen LogP contribution >= 0.6 is 0 Å². The van der Waals surface area contributed by atoms with Crippen LogP contribution in [0.3, 0.4) is 0 Å². The fraction of sp³-hybridized carbons (Fsp3) is 0.643. The molecule has 0 aliphatic heterocycles. The predicted octanol–water partition coefficient (Wildman–Crippen LogP) is 5.21. The van der Waals surface area contributed by atoms with Gasteiger partial charge in [0.2, 0.25) is 0 Å². The molecular formula is C28H36O5. The number of hydrogen-bond donors (Lipinski definition) is 1. The Kier molecular flexibility index (Phi) is 4.76. The van der Waals surface area contributed by atoms with Crippen molar-refractivity contribution in [3.05, 3.63) is 48.0 Å². The first-order valence-corrected chi connectivity index (χ1v) is 12.2. The summed E-state index contributed by atoms with van der Waals surface area (Å²) in [6.45, 7) is 12.0. The normalized spacial score (nSPS) is 45.6. The largest absolute Gasteiger partial charge is 0.472 e. The molecule has 5 rings (SSSR count). The minimum Gasteiger partial charge on any atom is -0.472 e. The Morgan fingerprint density at radius 2 is 1.94 bits per heavy atom. The maximum atomic E-state index is 12.9. The van der Waals surface area contributed by atoms with Crippen molar-refractivity contribution < 1.29 is 23.8 Å². The number of ether oxygens (including phenoxy) is 1. The standard InChI is InChI=1S/C28H36O5/c1-16(29)33-24-22(31)23-25(2,3)21(30)10-13-27(23,5)20-9-12-26(4)18(17-11-14-32-15-17)7-8-19(26)28(20,24)6/h8,10-11,13-15,18,20,22-24,31H,7,9,12H2,1-6H3/t18-,20+,22+,23-,24+,26-,27+,28-/m1/s1. The van der Waals surface area contributed by atoms with Crippen LogP contribution in [-0.4, -0.2) is 29.1 Å². The van der Waals surface area contributed by atoms with Crippen LogP contribution in [-0.2, 0) is 14.3 Å². The van der Waals surface area contributed by atoms with E-state index in [0.717, 1.165) is 19.3 Å². The van der Waals surface area contributed by atoms with Gasteiger partial charge in [0.15, 0.2) is 5.78 Å². The number of ketones is 1. The van der Waals surface area contributed by atoms with Crippen molar-refractivity contribution in [1.29, 1.82) is 0 Å². The van der Waals surface area contributed by atoms with Crippen molar-refractivity contribution in [1.82, 2.24) is 0 Å². The average Bonchev–Trinajstić information content (AvgIpc) is 3.36. The number of esters is 1. The summed E-state index contributed by atoms with van der Waals surface area (Å²) >= 11 is 0. The number of carbonyl (C=O) groups is 2. The van der Waals surface area contributed by atoms with Gasteiger partial charge in [0, 0.05) is 23.7 Å². The van der Waals surface area contributed by atoms with E-state index in [0.29, 0.717) is 5.92 Å². The van der Waals surface area contributed by atoms with E-state index in [9.17, 15) is 14.7 Å². The van der Waals surface area contributed by atoms with Crippen LogP contribution in [0.2, 0.25) is 0 Å². The molecule has 2 saturated carbocycles. The molecule has 0 unspecified atom stereocenters. The number of furan rings is 1. The third-order valence-electron chi connectivity index (χ3n) is 10.1. The molecule has 0 spiro atoms. The number of carbonyl (C=O) groups excluding carboxylic acids is 2. The van der Waals surface area contributed by atoms with E-state index in [-0.39, 0.29) is 23.0 Å². The Hall–Kier alpha value is -2.14. The molecule has 1 aromatic rings. The van der Waals surface area contributed by atoms with Gasteiger partial charge in [-0.3, -0.25) is 9.59 Å². The smallest absolute Gasteiger partial charge is 0.303 e. The van der Waals surface area contributed by atoms with Crippen molar-refractivity contribution in [3.63, 3.8) is 0 Å². The molecule has 33 heavy (non-hydrogen) atoms. The van der Waals surface area contributed by atoms with Gasteiger partial charge in [-0.1, -0.05) is 52.3 Å². The molecule has 1 N–H and O–H groups in total. The minimum absolute atomic E-state index is 0.0231. The van der Waals surface area contributed by atoms with Crippen LogP contribution in [0, 0.1) is 33.5 Å². The molecule has 0 aromatic carbocycles. The first-order chi connectivity index (χ1) is 15.4. The molecule has 2 fully saturated rings. The number of hydrogen-bond acceptors (Lipinski definition) is 5. The van der Waals surface area contributed by atoms with Gasteiger partial charge in [-0.05, 0) is 59.6 Å². The highest BCUT2D eigenvalue weighted by Gasteiger charge is 2.71.